The van der Waals surface area contributed by atoms with Crippen LogP contribution in [-0.4, -0.2) is 26.0 Å². The van der Waals surface area contributed by atoms with Crippen molar-refractivity contribution in [2.24, 2.45) is 0 Å². The van der Waals surface area contributed by atoms with Crippen LogP contribution in [0.2, 0.25) is 5.02 Å². The monoisotopic (exact) mass is 331 g/mol. The third-order valence-corrected chi connectivity index (χ3v) is 3.97. The molecule has 10 heteroatoms. The number of carboxylic acid groups (broad SMARTS) is 1. The van der Waals surface area contributed by atoms with Gasteiger partial charge in [-0.15, -0.1) is 0 Å². The first-order valence-corrected chi connectivity index (χ1v) is 6.98. The molecule has 0 saturated heterocycles. The second-order valence-electron chi connectivity index (χ2n) is 3.68. The van der Waals surface area contributed by atoms with Crippen LogP contribution in [0, 0.1) is 0 Å². The highest BCUT2D eigenvalue weighted by Gasteiger charge is 2.34. The Labute approximate surface area is 117 Å². The van der Waals surface area contributed by atoms with E-state index < -0.39 is 50.6 Å². The molecule has 0 aliphatic carbocycles. The van der Waals surface area contributed by atoms with Gasteiger partial charge in [-0.05, 0) is 18.2 Å². The molecule has 0 unspecified atom stereocenters. The van der Waals surface area contributed by atoms with Crippen molar-refractivity contribution in [1.29, 1.82) is 0 Å². The van der Waals surface area contributed by atoms with E-state index in [1.165, 1.54) is 0 Å². The van der Waals surface area contributed by atoms with Crippen LogP contribution in [0.4, 0.5) is 13.2 Å². The minimum absolute atomic E-state index is 0.394. The smallest absolute Gasteiger partial charge is 0.417 e. The minimum Gasteiger partial charge on any atom is -0.481 e. The minimum atomic E-state index is -4.79. The van der Waals surface area contributed by atoms with Crippen LogP contribution in [0.15, 0.2) is 23.1 Å². The highest BCUT2D eigenvalue weighted by molar-refractivity contribution is 7.89. The third-order valence-electron chi connectivity index (χ3n) is 2.18. The van der Waals surface area contributed by atoms with E-state index in [-0.39, 0.29) is 0 Å². The molecule has 0 bridgehead atoms. The van der Waals surface area contributed by atoms with Crippen LogP contribution in [0.1, 0.15) is 12.0 Å². The van der Waals surface area contributed by atoms with Crippen LogP contribution < -0.4 is 4.72 Å². The quantitative estimate of drug-likeness (QED) is 0.865. The first-order chi connectivity index (χ1) is 9.04. The largest absolute Gasteiger partial charge is 0.481 e. The molecule has 5 nitrogen and oxygen atoms in total. The van der Waals surface area contributed by atoms with Gasteiger partial charge < -0.3 is 5.11 Å². The molecule has 0 amide bonds. The number of carboxylic acids is 1. The summed E-state index contributed by atoms with van der Waals surface area (Å²) < 4.78 is 63.1. The van der Waals surface area contributed by atoms with Gasteiger partial charge in [-0.3, -0.25) is 4.79 Å². The van der Waals surface area contributed by atoms with E-state index in [0.29, 0.717) is 6.07 Å². The number of sulfonamides is 1. The first-order valence-electron chi connectivity index (χ1n) is 5.12. The number of hydrogen-bond acceptors (Lipinski definition) is 3. The van der Waals surface area contributed by atoms with Gasteiger partial charge in [0.2, 0.25) is 10.0 Å². The normalized spacial score (nSPS) is 12.4. The second-order valence-corrected chi connectivity index (χ2v) is 5.86. The van der Waals surface area contributed by atoms with Crippen molar-refractivity contribution in [2.45, 2.75) is 17.5 Å². The molecule has 0 aliphatic rings. The summed E-state index contributed by atoms with van der Waals surface area (Å²) >= 11 is 5.36. The summed E-state index contributed by atoms with van der Waals surface area (Å²) in [7, 11) is -4.23. The number of benzene rings is 1. The standard InChI is InChI=1S/C10H9ClF3NO4S/c11-8-2-1-6(5-7(8)10(12,13)14)20(18,19)15-4-3-9(16)17/h1-2,5,15H,3-4H2,(H,16,17). The molecule has 20 heavy (non-hydrogen) atoms. The van der Waals surface area contributed by atoms with Crippen molar-refractivity contribution < 1.29 is 31.5 Å². The predicted octanol–water partition coefficient (Wildman–Crippen LogP) is 2.11. The Hall–Kier alpha value is -1.32. The van der Waals surface area contributed by atoms with Gasteiger partial charge in [0.25, 0.3) is 0 Å². The fourth-order valence-corrected chi connectivity index (χ4v) is 2.55. The molecular weight excluding hydrogens is 323 g/mol. The summed E-state index contributed by atoms with van der Waals surface area (Å²) in [5.74, 6) is -1.24. The molecule has 0 atom stereocenters. The average molecular weight is 332 g/mol. The van der Waals surface area contributed by atoms with Gasteiger partial charge >= 0.3 is 12.1 Å². The summed E-state index contributed by atoms with van der Waals surface area (Å²) in [6, 6.07) is 2.11. The highest BCUT2D eigenvalue weighted by Crippen LogP contribution is 2.35. The molecule has 0 fully saturated rings. The zero-order chi connectivity index (χ0) is 15.6. The molecule has 112 valence electrons. The second kappa shape index (κ2) is 5.98. The third kappa shape index (κ3) is 4.36. The number of alkyl halides is 3. The van der Waals surface area contributed by atoms with E-state index in [9.17, 15) is 26.4 Å². The van der Waals surface area contributed by atoms with Gasteiger partial charge in [-0.25, -0.2) is 13.1 Å². The number of nitrogens with one attached hydrogen (secondary N) is 1. The molecule has 1 aromatic rings. The van der Waals surface area contributed by atoms with Crippen LogP contribution in [0.3, 0.4) is 0 Å². The molecular formula is C10H9ClF3NO4S. The molecule has 2 N–H and O–H groups in total. The lowest BCUT2D eigenvalue weighted by atomic mass is 10.2. The molecule has 0 radical (unpaired) electrons. The Balaban J connectivity index is 3.05. The van der Waals surface area contributed by atoms with Gasteiger partial charge in [-0.2, -0.15) is 13.2 Å². The summed E-state index contributed by atoms with van der Waals surface area (Å²) in [4.78, 5) is 9.61. The maximum atomic E-state index is 12.6. The molecule has 0 spiro atoms. The lowest BCUT2D eigenvalue weighted by molar-refractivity contribution is -0.138. The Bertz CT molecular complexity index is 615. The van der Waals surface area contributed by atoms with E-state index in [1.54, 1.807) is 0 Å². The van der Waals surface area contributed by atoms with E-state index in [2.05, 4.69) is 0 Å². The zero-order valence-corrected chi connectivity index (χ0v) is 11.3. The van der Waals surface area contributed by atoms with Crippen molar-refractivity contribution in [3.8, 4) is 0 Å². The van der Waals surface area contributed by atoms with Crippen LogP contribution in [0.5, 0.6) is 0 Å². The number of halogens is 4. The lowest BCUT2D eigenvalue weighted by Crippen LogP contribution is -2.26. The van der Waals surface area contributed by atoms with Gasteiger partial charge in [0, 0.05) is 6.54 Å². The van der Waals surface area contributed by atoms with Crippen LogP contribution >= 0.6 is 11.6 Å². The molecule has 1 aromatic carbocycles. The maximum absolute atomic E-state index is 12.6. The molecule has 0 saturated carbocycles. The van der Waals surface area contributed by atoms with E-state index >= 15 is 0 Å². The molecule has 1 rings (SSSR count). The van der Waals surface area contributed by atoms with Crippen molar-refractivity contribution in [1.82, 2.24) is 4.72 Å². The summed E-state index contributed by atoms with van der Waals surface area (Å²) in [5.41, 5.74) is -1.28. The van der Waals surface area contributed by atoms with Crippen LogP contribution in [-0.2, 0) is 21.0 Å². The average Bonchev–Trinajstić information content (AvgIpc) is 2.26. The molecule has 0 aliphatic heterocycles. The van der Waals surface area contributed by atoms with Gasteiger partial charge in [0.15, 0.2) is 0 Å². The lowest BCUT2D eigenvalue weighted by Gasteiger charge is -2.11. The SMILES string of the molecule is O=C(O)CCNS(=O)(=O)c1ccc(Cl)c(C(F)(F)F)c1. The van der Waals surface area contributed by atoms with Gasteiger partial charge in [0.1, 0.15) is 0 Å². The molecule has 0 heterocycles. The van der Waals surface area contributed by atoms with Crippen molar-refractivity contribution in [3.05, 3.63) is 28.8 Å². The van der Waals surface area contributed by atoms with Crippen molar-refractivity contribution >= 4 is 27.6 Å². The Morgan fingerprint density at radius 3 is 2.45 bits per heavy atom. The highest BCUT2D eigenvalue weighted by atomic mass is 35.5. The van der Waals surface area contributed by atoms with E-state index in [0.717, 1.165) is 12.1 Å². The number of aliphatic carboxylic acids is 1. The number of hydrogen-bond donors (Lipinski definition) is 2. The fraction of sp³-hybridized carbons (Fsp3) is 0.300. The van der Waals surface area contributed by atoms with Crippen molar-refractivity contribution in [3.63, 3.8) is 0 Å². The predicted molar refractivity (Wildman–Crippen MR) is 63.9 cm³/mol. The Morgan fingerprint density at radius 1 is 1.35 bits per heavy atom. The summed E-state index contributed by atoms with van der Waals surface area (Å²) in [6.45, 7) is -0.429. The van der Waals surface area contributed by atoms with Gasteiger partial charge in [0.05, 0.1) is 21.9 Å². The Morgan fingerprint density at radius 2 is 1.95 bits per heavy atom. The summed E-state index contributed by atoms with van der Waals surface area (Å²) in [6.07, 6.45) is -5.28. The van der Waals surface area contributed by atoms with Crippen molar-refractivity contribution in [2.75, 3.05) is 6.54 Å². The Kier molecular flexibility index (Phi) is 5.00. The fourth-order valence-electron chi connectivity index (χ4n) is 1.26. The number of rotatable bonds is 5. The zero-order valence-electron chi connectivity index (χ0n) is 9.74. The number of carbonyl (C=O) groups is 1. The first kappa shape index (κ1) is 16.7. The maximum Gasteiger partial charge on any atom is 0.417 e. The van der Waals surface area contributed by atoms with E-state index in [1.807, 2.05) is 4.72 Å². The van der Waals surface area contributed by atoms with E-state index in [4.69, 9.17) is 16.7 Å². The van der Waals surface area contributed by atoms with Gasteiger partial charge in [-0.1, -0.05) is 11.6 Å². The van der Waals surface area contributed by atoms with Crippen LogP contribution in [0.25, 0.3) is 0 Å². The molecule has 0 aromatic heterocycles. The summed E-state index contributed by atoms with van der Waals surface area (Å²) in [5, 5.41) is 7.74. The topological polar surface area (TPSA) is 83.5 Å².